The van der Waals surface area contributed by atoms with Crippen LogP contribution in [0.15, 0.2) is 12.1 Å². The van der Waals surface area contributed by atoms with Gasteiger partial charge in [0.05, 0.1) is 17.1 Å². The maximum atomic E-state index is 12.1. The summed E-state index contributed by atoms with van der Waals surface area (Å²) in [4.78, 5) is 20.1. The van der Waals surface area contributed by atoms with Crippen LogP contribution in [0.4, 0.5) is 0 Å². The van der Waals surface area contributed by atoms with E-state index in [1.807, 2.05) is 0 Å². The SMILES string of the molecule is Cc1cc2nc(CCNC(=O)[C@H]3CCC[C@H](O)C3)[nH]c2cc1C. The van der Waals surface area contributed by atoms with Gasteiger partial charge in [-0.05, 0) is 56.4 Å². The number of fused-ring (bicyclic) bond motifs is 1. The molecule has 0 saturated heterocycles. The van der Waals surface area contributed by atoms with Crippen LogP contribution in [-0.4, -0.2) is 33.6 Å². The molecule has 124 valence electrons. The van der Waals surface area contributed by atoms with Gasteiger partial charge in [0, 0.05) is 18.9 Å². The summed E-state index contributed by atoms with van der Waals surface area (Å²) in [7, 11) is 0. The molecule has 2 atom stereocenters. The van der Waals surface area contributed by atoms with Crippen LogP contribution >= 0.6 is 0 Å². The van der Waals surface area contributed by atoms with Gasteiger partial charge in [0.25, 0.3) is 0 Å². The fourth-order valence-corrected chi connectivity index (χ4v) is 3.29. The molecule has 0 bridgehead atoms. The molecule has 0 radical (unpaired) electrons. The molecule has 1 aromatic carbocycles. The molecule has 23 heavy (non-hydrogen) atoms. The van der Waals surface area contributed by atoms with Crippen LogP contribution in [0, 0.1) is 19.8 Å². The van der Waals surface area contributed by atoms with Crippen molar-refractivity contribution in [3.63, 3.8) is 0 Å². The molecule has 1 amide bonds. The predicted molar refractivity (Wildman–Crippen MR) is 90.2 cm³/mol. The first kappa shape index (κ1) is 16.0. The summed E-state index contributed by atoms with van der Waals surface area (Å²) in [6.45, 7) is 4.75. The van der Waals surface area contributed by atoms with Gasteiger partial charge >= 0.3 is 0 Å². The van der Waals surface area contributed by atoms with E-state index in [0.717, 1.165) is 36.1 Å². The summed E-state index contributed by atoms with van der Waals surface area (Å²) >= 11 is 0. The lowest BCUT2D eigenvalue weighted by Crippen LogP contribution is -2.36. The number of carbonyl (C=O) groups is 1. The lowest BCUT2D eigenvalue weighted by atomic mass is 9.87. The summed E-state index contributed by atoms with van der Waals surface area (Å²) in [5, 5.41) is 12.6. The van der Waals surface area contributed by atoms with Gasteiger partial charge in [-0.2, -0.15) is 0 Å². The van der Waals surface area contributed by atoms with E-state index in [2.05, 4.69) is 41.3 Å². The number of amides is 1. The van der Waals surface area contributed by atoms with Crippen LogP contribution in [0.3, 0.4) is 0 Å². The molecule has 1 heterocycles. The van der Waals surface area contributed by atoms with E-state index in [4.69, 9.17) is 0 Å². The van der Waals surface area contributed by atoms with Crippen LogP contribution in [0.25, 0.3) is 11.0 Å². The zero-order chi connectivity index (χ0) is 16.4. The summed E-state index contributed by atoms with van der Waals surface area (Å²) in [6, 6.07) is 4.20. The normalized spacial score (nSPS) is 21.5. The van der Waals surface area contributed by atoms with Crippen molar-refractivity contribution in [3.8, 4) is 0 Å². The minimum atomic E-state index is -0.318. The van der Waals surface area contributed by atoms with Gasteiger partial charge in [-0.3, -0.25) is 4.79 Å². The van der Waals surface area contributed by atoms with Crippen molar-refractivity contribution in [2.45, 2.75) is 52.1 Å². The summed E-state index contributed by atoms with van der Waals surface area (Å²) in [6.07, 6.45) is 3.60. The monoisotopic (exact) mass is 315 g/mol. The first-order valence-corrected chi connectivity index (χ1v) is 8.44. The molecule has 5 heteroatoms. The number of aromatic amines is 1. The van der Waals surface area contributed by atoms with Crippen molar-refractivity contribution in [1.82, 2.24) is 15.3 Å². The molecule has 0 aliphatic heterocycles. The highest BCUT2D eigenvalue weighted by atomic mass is 16.3. The third-order valence-corrected chi connectivity index (χ3v) is 4.82. The number of rotatable bonds is 4. The van der Waals surface area contributed by atoms with E-state index < -0.39 is 0 Å². The van der Waals surface area contributed by atoms with Gasteiger partial charge in [-0.25, -0.2) is 4.98 Å². The number of nitrogens with zero attached hydrogens (tertiary/aromatic N) is 1. The van der Waals surface area contributed by atoms with E-state index in [9.17, 15) is 9.90 Å². The second-order valence-electron chi connectivity index (χ2n) is 6.70. The van der Waals surface area contributed by atoms with Crippen molar-refractivity contribution in [2.75, 3.05) is 6.54 Å². The van der Waals surface area contributed by atoms with Crippen molar-refractivity contribution in [1.29, 1.82) is 0 Å². The molecule has 0 unspecified atom stereocenters. The van der Waals surface area contributed by atoms with Gasteiger partial charge in [-0.15, -0.1) is 0 Å². The number of H-pyrrole nitrogens is 1. The third-order valence-electron chi connectivity index (χ3n) is 4.82. The van der Waals surface area contributed by atoms with Gasteiger partial charge in [0.1, 0.15) is 5.82 Å². The zero-order valence-electron chi connectivity index (χ0n) is 13.9. The highest BCUT2D eigenvalue weighted by molar-refractivity contribution is 5.79. The largest absolute Gasteiger partial charge is 0.393 e. The Hall–Kier alpha value is -1.88. The Morgan fingerprint density at radius 2 is 2.13 bits per heavy atom. The number of aliphatic hydroxyl groups excluding tert-OH is 1. The molecule has 1 aliphatic rings. The summed E-state index contributed by atoms with van der Waals surface area (Å²) < 4.78 is 0. The number of aromatic nitrogens is 2. The topological polar surface area (TPSA) is 78.0 Å². The quantitative estimate of drug-likeness (QED) is 0.810. The zero-order valence-corrected chi connectivity index (χ0v) is 13.9. The molecule has 5 nitrogen and oxygen atoms in total. The number of carbonyl (C=O) groups excluding carboxylic acids is 1. The Bertz CT molecular complexity index is 669. The van der Waals surface area contributed by atoms with E-state index in [1.54, 1.807) is 0 Å². The summed E-state index contributed by atoms with van der Waals surface area (Å²) in [5.41, 5.74) is 4.51. The first-order valence-electron chi connectivity index (χ1n) is 8.44. The average molecular weight is 315 g/mol. The third kappa shape index (κ3) is 3.72. The maximum absolute atomic E-state index is 12.1. The highest BCUT2D eigenvalue weighted by Gasteiger charge is 2.25. The van der Waals surface area contributed by atoms with Gasteiger partial charge in [0.2, 0.25) is 5.91 Å². The molecule has 1 saturated carbocycles. The highest BCUT2D eigenvalue weighted by Crippen LogP contribution is 2.24. The van der Waals surface area contributed by atoms with E-state index in [-0.39, 0.29) is 17.9 Å². The van der Waals surface area contributed by atoms with E-state index >= 15 is 0 Å². The Morgan fingerprint density at radius 1 is 1.35 bits per heavy atom. The molecule has 0 spiro atoms. The standard InChI is InChI=1S/C18H25N3O2/c1-11-8-15-16(9-12(11)2)21-17(20-15)6-7-19-18(23)13-4-3-5-14(22)10-13/h8-9,13-14,22H,3-7,10H2,1-2H3,(H,19,23)(H,20,21)/t13-,14-/m0/s1. The molecule has 1 fully saturated rings. The number of hydrogen-bond acceptors (Lipinski definition) is 3. The van der Waals surface area contributed by atoms with Crippen LogP contribution in [0.5, 0.6) is 0 Å². The number of nitrogens with one attached hydrogen (secondary N) is 2. The lowest BCUT2D eigenvalue weighted by Gasteiger charge is -2.24. The lowest BCUT2D eigenvalue weighted by molar-refractivity contribution is -0.127. The number of benzene rings is 1. The second kappa shape index (κ2) is 6.71. The summed E-state index contributed by atoms with van der Waals surface area (Å²) in [5.74, 6) is 0.917. The molecular weight excluding hydrogens is 290 g/mol. The van der Waals surface area contributed by atoms with Crippen LogP contribution in [0.2, 0.25) is 0 Å². The Labute approximate surface area is 136 Å². The van der Waals surface area contributed by atoms with Gasteiger partial charge in [-0.1, -0.05) is 6.42 Å². The predicted octanol–water partition coefficient (Wildman–Crippen LogP) is 2.39. The molecule has 3 N–H and O–H groups in total. The van der Waals surface area contributed by atoms with Crippen molar-refractivity contribution < 1.29 is 9.90 Å². The average Bonchev–Trinajstić information content (AvgIpc) is 2.89. The molecule has 2 aromatic rings. The van der Waals surface area contributed by atoms with Crippen molar-refractivity contribution >= 4 is 16.9 Å². The smallest absolute Gasteiger partial charge is 0.223 e. The molecule has 1 aromatic heterocycles. The van der Waals surface area contributed by atoms with Crippen molar-refractivity contribution in [2.24, 2.45) is 5.92 Å². The molecular formula is C18H25N3O2. The number of aryl methyl sites for hydroxylation is 2. The molecule has 3 rings (SSSR count). The van der Waals surface area contributed by atoms with Gasteiger partial charge in [0.15, 0.2) is 0 Å². The van der Waals surface area contributed by atoms with E-state index in [1.165, 1.54) is 11.1 Å². The van der Waals surface area contributed by atoms with Crippen LogP contribution in [0.1, 0.15) is 42.6 Å². The Kier molecular flexibility index (Phi) is 4.66. The first-order chi connectivity index (χ1) is 11.0. The maximum Gasteiger partial charge on any atom is 0.223 e. The Balaban J connectivity index is 1.55. The minimum absolute atomic E-state index is 0.0419. The Morgan fingerprint density at radius 3 is 2.91 bits per heavy atom. The number of aliphatic hydroxyl groups is 1. The fraction of sp³-hybridized carbons (Fsp3) is 0.556. The van der Waals surface area contributed by atoms with Crippen molar-refractivity contribution in [3.05, 3.63) is 29.1 Å². The van der Waals surface area contributed by atoms with Crippen LogP contribution < -0.4 is 5.32 Å². The number of imidazole rings is 1. The number of hydrogen-bond donors (Lipinski definition) is 3. The van der Waals surface area contributed by atoms with Crippen LogP contribution in [-0.2, 0) is 11.2 Å². The van der Waals surface area contributed by atoms with E-state index in [0.29, 0.717) is 19.4 Å². The van der Waals surface area contributed by atoms with Gasteiger partial charge < -0.3 is 15.4 Å². The fourth-order valence-electron chi connectivity index (χ4n) is 3.29. The second-order valence-corrected chi connectivity index (χ2v) is 6.70. The molecule has 1 aliphatic carbocycles. The minimum Gasteiger partial charge on any atom is -0.393 e.